The van der Waals surface area contributed by atoms with Crippen molar-refractivity contribution in [3.8, 4) is 0 Å². The second-order valence-electron chi connectivity index (χ2n) is 6.21. The Morgan fingerprint density at radius 3 is 2.05 bits per heavy atom. The van der Waals surface area contributed by atoms with Gasteiger partial charge in [-0.05, 0) is 46.1 Å². The van der Waals surface area contributed by atoms with Gasteiger partial charge in [-0.25, -0.2) is 14.6 Å². The molecule has 0 aromatic heterocycles. The van der Waals surface area contributed by atoms with E-state index >= 15 is 0 Å². The summed E-state index contributed by atoms with van der Waals surface area (Å²) in [6, 6.07) is 0. The molecule has 0 saturated carbocycles. The molecule has 0 unspecified atom stereocenters. The van der Waals surface area contributed by atoms with Crippen molar-refractivity contribution in [3.05, 3.63) is 12.3 Å². The molecule has 22 heavy (non-hydrogen) atoms. The summed E-state index contributed by atoms with van der Waals surface area (Å²) in [7, 11) is 0. The van der Waals surface area contributed by atoms with Gasteiger partial charge in [-0.15, -0.1) is 0 Å². The van der Waals surface area contributed by atoms with E-state index in [1.807, 2.05) is 34.6 Å². The van der Waals surface area contributed by atoms with E-state index in [1.165, 1.54) is 0 Å². The summed E-state index contributed by atoms with van der Waals surface area (Å²) in [5, 5.41) is 0. The number of hydrogen-bond acceptors (Lipinski definition) is 7. The third-order valence-corrected chi connectivity index (χ3v) is 3.61. The molecule has 0 rings (SSSR count). The van der Waals surface area contributed by atoms with E-state index in [4.69, 9.17) is 9.78 Å². The zero-order valence-electron chi connectivity index (χ0n) is 14.3. The van der Waals surface area contributed by atoms with Gasteiger partial charge in [0.15, 0.2) is 0 Å². The third kappa shape index (κ3) is 6.34. The Hall–Kier alpha value is -1.76. The SMILES string of the molecule is C=C(OOC(C)(C)C(C)(C)CC)C(=O)OOC(=O)OC(C)C. The van der Waals surface area contributed by atoms with Gasteiger partial charge in [0, 0.05) is 0 Å². The Morgan fingerprint density at radius 1 is 1.05 bits per heavy atom. The Morgan fingerprint density at radius 2 is 1.59 bits per heavy atom. The van der Waals surface area contributed by atoms with Crippen molar-refractivity contribution in [3.63, 3.8) is 0 Å². The molecule has 0 spiro atoms. The minimum atomic E-state index is -1.13. The van der Waals surface area contributed by atoms with Crippen LogP contribution < -0.4 is 0 Å². The van der Waals surface area contributed by atoms with Crippen LogP contribution in [0.25, 0.3) is 0 Å². The molecular formula is C15H26O7. The van der Waals surface area contributed by atoms with E-state index in [1.54, 1.807) is 13.8 Å². The van der Waals surface area contributed by atoms with Crippen LogP contribution in [-0.4, -0.2) is 23.8 Å². The average molecular weight is 318 g/mol. The summed E-state index contributed by atoms with van der Waals surface area (Å²) in [6.45, 7) is 16.3. The lowest BCUT2D eigenvalue weighted by Gasteiger charge is -2.38. The van der Waals surface area contributed by atoms with Crippen LogP contribution in [0.4, 0.5) is 4.79 Å². The summed E-state index contributed by atoms with van der Waals surface area (Å²) in [6.07, 6.45) is -0.694. The third-order valence-electron chi connectivity index (χ3n) is 3.61. The fraction of sp³-hybridized carbons (Fsp3) is 0.733. The van der Waals surface area contributed by atoms with Gasteiger partial charge >= 0.3 is 12.1 Å². The van der Waals surface area contributed by atoms with Crippen LogP contribution in [0.2, 0.25) is 0 Å². The van der Waals surface area contributed by atoms with Crippen LogP contribution in [0.1, 0.15) is 54.9 Å². The standard InChI is InChI=1S/C15H26O7/c1-9-14(5,6)15(7,8)22-19-11(4)12(16)20-21-13(17)18-10(2)3/h10H,4,9H2,1-3,5-8H3. The summed E-state index contributed by atoms with van der Waals surface area (Å²) < 4.78 is 4.61. The van der Waals surface area contributed by atoms with Crippen LogP contribution in [0.15, 0.2) is 12.3 Å². The van der Waals surface area contributed by atoms with Gasteiger partial charge in [0.25, 0.3) is 0 Å². The molecule has 0 atom stereocenters. The number of ether oxygens (including phenoxy) is 1. The smallest absolute Gasteiger partial charge is 0.429 e. The van der Waals surface area contributed by atoms with Crippen LogP contribution in [-0.2, 0) is 29.1 Å². The molecule has 0 aliphatic heterocycles. The molecule has 0 heterocycles. The zero-order valence-corrected chi connectivity index (χ0v) is 14.3. The van der Waals surface area contributed by atoms with E-state index in [0.717, 1.165) is 6.42 Å². The fourth-order valence-corrected chi connectivity index (χ4v) is 1.06. The maximum Gasteiger partial charge on any atom is 0.550 e. The minimum Gasteiger partial charge on any atom is -0.429 e. The molecule has 0 aliphatic carbocycles. The van der Waals surface area contributed by atoms with Crippen molar-refractivity contribution < 1.29 is 33.9 Å². The van der Waals surface area contributed by atoms with Crippen molar-refractivity contribution in [2.75, 3.05) is 0 Å². The fourth-order valence-electron chi connectivity index (χ4n) is 1.06. The lowest BCUT2D eigenvalue weighted by Crippen LogP contribution is -2.41. The molecule has 0 amide bonds. The summed E-state index contributed by atoms with van der Waals surface area (Å²) in [5.74, 6) is -1.54. The molecule has 0 saturated heterocycles. The molecule has 0 bridgehead atoms. The molecule has 0 fully saturated rings. The second-order valence-corrected chi connectivity index (χ2v) is 6.21. The number of carbonyl (C=O) groups excluding carboxylic acids is 2. The number of carbonyl (C=O) groups is 2. The van der Waals surface area contributed by atoms with E-state index in [9.17, 15) is 9.59 Å². The molecule has 7 nitrogen and oxygen atoms in total. The highest BCUT2D eigenvalue weighted by molar-refractivity contribution is 5.85. The topological polar surface area (TPSA) is 80.3 Å². The molecule has 128 valence electrons. The van der Waals surface area contributed by atoms with Crippen LogP contribution in [0.3, 0.4) is 0 Å². The lowest BCUT2D eigenvalue weighted by molar-refractivity contribution is -0.353. The van der Waals surface area contributed by atoms with Crippen molar-refractivity contribution in [1.29, 1.82) is 0 Å². The Kier molecular flexibility index (Phi) is 7.38. The molecule has 0 aromatic carbocycles. The van der Waals surface area contributed by atoms with Crippen molar-refractivity contribution in [2.24, 2.45) is 5.41 Å². The highest BCUT2D eigenvalue weighted by atomic mass is 17.3. The molecule has 0 aliphatic rings. The number of rotatable bonds is 7. The molecular weight excluding hydrogens is 292 g/mol. The van der Waals surface area contributed by atoms with Gasteiger partial charge in [0.2, 0.25) is 5.76 Å². The number of hydrogen-bond donors (Lipinski definition) is 0. The highest BCUT2D eigenvalue weighted by Crippen LogP contribution is 2.37. The summed E-state index contributed by atoms with van der Waals surface area (Å²) in [5.41, 5.74) is -0.878. The molecule has 0 aromatic rings. The van der Waals surface area contributed by atoms with Crippen LogP contribution >= 0.6 is 0 Å². The van der Waals surface area contributed by atoms with Crippen LogP contribution in [0.5, 0.6) is 0 Å². The predicted octanol–water partition coefficient (Wildman–Crippen LogP) is 3.68. The summed E-state index contributed by atoms with van der Waals surface area (Å²) >= 11 is 0. The normalized spacial score (nSPS) is 11.8. The predicted molar refractivity (Wildman–Crippen MR) is 78.3 cm³/mol. The van der Waals surface area contributed by atoms with Gasteiger partial charge in [-0.1, -0.05) is 20.8 Å². The molecule has 7 heteroatoms. The minimum absolute atomic E-state index is 0.200. The van der Waals surface area contributed by atoms with Gasteiger partial charge in [-0.3, -0.25) is 0 Å². The maximum absolute atomic E-state index is 11.5. The van der Waals surface area contributed by atoms with Crippen LogP contribution in [0, 0.1) is 5.41 Å². The van der Waals surface area contributed by atoms with E-state index in [0.29, 0.717) is 0 Å². The first-order chi connectivity index (χ1) is 9.93. The second kappa shape index (κ2) is 8.03. The van der Waals surface area contributed by atoms with E-state index < -0.39 is 29.6 Å². The van der Waals surface area contributed by atoms with Gasteiger partial charge in [0.05, 0.1) is 6.10 Å². The average Bonchev–Trinajstić information content (AvgIpc) is 2.41. The van der Waals surface area contributed by atoms with Gasteiger partial charge in [-0.2, -0.15) is 9.68 Å². The summed E-state index contributed by atoms with van der Waals surface area (Å²) in [4.78, 5) is 41.1. The first-order valence-electron chi connectivity index (χ1n) is 7.07. The zero-order chi connectivity index (χ0) is 17.6. The molecule has 0 N–H and O–H groups in total. The van der Waals surface area contributed by atoms with Crippen molar-refractivity contribution >= 4 is 12.1 Å². The van der Waals surface area contributed by atoms with E-state index in [2.05, 4.69) is 21.1 Å². The van der Waals surface area contributed by atoms with Gasteiger partial charge in [0.1, 0.15) is 5.60 Å². The monoisotopic (exact) mass is 318 g/mol. The largest absolute Gasteiger partial charge is 0.550 e. The Labute approximate surface area is 131 Å². The Bertz CT molecular complexity index is 410. The maximum atomic E-state index is 11.5. The van der Waals surface area contributed by atoms with Crippen molar-refractivity contribution in [2.45, 2.75) is 66.6 Å². The van der Waals surface area contributed by atoms with Crippen molar-refractivity contribution in [1.82, 2.24) is 0 Å². The quantitative estimate of drug-likeness (QED) is 0.233. The molecule has 0 radical (unpaired) electrons. The van der Waals surface area contributed by atoms with E-state index in [-0.39, 0.29) is 5.41 Å². The lowest BCUT2D eigenvalue weighted by atomic mass is 9.75. The Balaban J connectivity index is 4.33. The first kappa shape index (κ1) is 20.2. The first-order valence-corrected chi connectivity index (χ1v) is 7.07. The highest BCUT2D eigenvalue weighted by Gasteiger charge is 2.39. The van der Waals surface area contributed by atoms with Gasteiger partial charge < -0.3 is 9.62 Å².